The van der Waals surface area contributed by atoms with E-state index in [2.05, 4.69) is 0 Å². The van der Waals surface area contributed by atoms with Gasteiger partial charge in [0, 0.05) is 10.8 Å². The maximum atomic E-state index is 10.5. The molecule has 0 unspecified atom stereocenters. The summed E-state index contributed by atoms with van der Waals surface area (Å²) in [6, 6.07) is 1.39. The average Bonchev–Trinajstić information content (AvgIpc) is 2.30. The molecule has 11 nitrogen and oxygen atoms in total. The normalized spacial score (nSPS) is 8.83. The minimum atomic E-state index is -0.917. The summed E-state index contributed by atoms with van der Waals surface area (Å²) >= 11 is 0. The fourth-order valence-electron chi connectivity index (χ4n) is 1.15. The van der Waals surface area contributed by atoms with Crippen molar-refractivity contribution in [1.29, 1.82) is 10.8 Å². The van der Waals surface area contributed by atoms with Crippen molar-refractivity contribution in [3.8, 4) is 0 Å². The summed E-state index contributed by atoms with van der Waals surface area (Å²) in [5.74, 6) is 0. The third kappa shape index (κ3) is 2.92. The third-order valence-electron chi connectivity index (χ3n) is 1.94. The van der Waals surface area contributed by atoms with Crippen LogP contribution in [0.1, 0.15) is 5.56 Å². The monoisotopic (exact) mass is 255 g/mol. The molecule has 0 aromatic heterocycles. The molecule has 0 aliphatic rings. The van der Waals surface area contributed by atoms with Crippen LogP contribution in [-0.4, -0.2) is 14.8 Å². The van der Waals surface area contributed by atoms with E-state index in [1.54, 1.807) is 0 Å². The van der Waals surface area contributed by atoms with Gasteiger partial charge in [0.25, 0.3) is 17.1 Å². The molecule has 1 aromatic rings. The van der Waals surface area contributed by atoms with Crippen molar-refractivity contribution in [2.45, 2.75) is 6.92 Å². The second kappa shape index (κ2) is 5.80. The lowest BCUT2D eigenvalue weighted by atomic mass is 10.1. The van der Waals surface area contributed by atoms with Gasteiger partial charge in [-0.25, -0.2) is 0 Å². The summed E-state index contributed by atoms with van der Waals surface area (Å²) in [5, 5.41) is 43.5. The Labute approximate surface area is 98.5 Å². The molecule has 94 valence electrons. The van der Waals surface area contributed by atoms with Gasteiger partial charge >= 0.3 is 0 Å². The number of rotatable bonds is 3. The Morgan fingerprint density at radius 1 is 0.889 bits per heavy atom. The largest absolute Gasteiger partial charge is 0.286 e. The van der Waals surface area contributed by atoms with Crippen LogP contribution in [0.15, 0.2) is 12.1 Å². The Kier molecular flexibility index (Phi) is 4.78. The van der Waals surface area contributed by atoms with Crippen molar-refractivity contribution in [3.05, 3.63) is 48.0 Å². The maximum absolute atomic E-state index is 10.5. The van der Waals surface area contributed by atoms with E-state index in [4.69, 9.17) is 10.8 Å². The molecule has 0 saturated carbocycles. The van der Waals surface area contributed by atoms with E-state index in [1.165, 1.54) is 6.92 Å². The zero-order chi connectivity index (χ0) is 14.5. The van der Waals surface area contributed by atoms with Crippen molar-refractivity contribution in [1.82, 2.24) is 0 Å². The van der Waals surface area contributed by atoms with Crippen LogP contribution in [-0.2, 0) is 0 Å². The van der Waals surface area contributed by atoms with E-state index in [0.717, 1.165) is 0 Å². The highest BCUT2D eigenvalue weighted by Gasteiger charge is 2.27. The van der Waals surface area contributed by atoms with Crippen LogP contribution < -0.4 is 0 Å². The second-order valence-electron chi connectivity index (χ2n) is 2.88. The molecule has 0 spiro atoms. The average molecular weight is 255 g/mol. The smallest absolute Gasteiger partial charge is 0.258 e. The molecule has 0 N–H and O–H groups in total. The Morgan fingerprint density at radius 2 is 1.22 bits per heavy atom. The Morgan fingerprint density at radius 3 is 1.44 bits per heavy atom. The van der Waals surface area contributed by atoms with Crippen LogP contribution in [0.25, 0.3) is 0 Å². The van der Waals surface area contributed by atoms with E-state index in [-0.39, 0.29) is 5.56 Å². The third-order valence-corrected chi connectivity index (χ3v) is 1.94. The molecular weight excluding hydrogens is 250 g/mol. The summed E-state index contributed by atoms with van der Waals surface area (Å²) in [6.07, 6.45) is 0. The van der Waals surface area contributed by atoms with Crippen LogP contribution in [0.2, 0.25) is 0 Å². The summed E-state index contributed by atoms with van der Waals surface area (Å²) < 4.78 is 0. The first kappa shape index (κ1) is 14.8. The van der Waals surface area contributed by atoms with Crippen LogP contribution >= 0.6 is 0 Å². The van der Waals surface area contributed by atoms with Crippen molar-refractivity contribution in [2.24, 2.45) is 0 Å². The number of non-ortho nitro benzene ring substituents is 1. The van der Waals surface area contributed by atoms with Gasteiger partial charge in [-0.15, -0.1) is 0 Å². The fourth-order valence-corrected chi connectivity index (χ4v) is 1.15. The standard InChI is InChI=1S/C7H5N3O6.N2/c1-4-6(9(13)14)2-5(8(11)12)3-7(4)10(15)16;1-2/h2-3H,1H3;. The summed E-state index contributed by atoms with van der Waals surface area (Å²) in [4.78, 5) is 28.8. The van der Waals surface area contributed by atoms with Crippen molar-refractivity contribution < 1.29 is 14.8 Å². The molecule has 0 fully saturated rings. The van der Waals surface area contributed by atoms with E-state index < -0.39 is 31.8 Å². The first-order valence-electron chi connectivity index (χ1n) is 4.12. The first-order chi connectivity index (χ1) is 8.34. The predicted molar refractivity (Wildman–Crippen MR) is 54.6 cm³/mol. The molecule has 0 aliphatic carbocycles. The molecule has 11 heteroatoms. The summed E-state index contributed by atoms with van der Waals surface area (Å²) in [6.45, 7) is 1.17. The maximum Gasteiger partial charge on any atom is 0.286 e. The lowest BCUT2D eigenvalue weighted by molar-refractivity contribution is -0.403. The molecule has 0 bridgehead atoms. The van der Waals surface area contributed by atoms with E-state index in [0.29, 0.717) is 12.1 Å². The Hall–Kier alpha value is -3.16. The number of nitrogens with zero attached hydrogens (tertiary/aromatic N) is 5. The number of nitro groups is 3. The second-order valence-corrected chi connectivity index (χ2v) is 2.88. The van der Waals surface area contributed by atoms with Gasteiger partial charge in [0.1, 0.15) is 5.56 Å². The first-order valence-corrected chi connectivity index (χ1v) is 4.12. The lowest BCUT2D eigenvalue weighted by Crippen LogP contribution is -2.00. The molecular formula is C7H5N5O6. The quantitative estimate of drug-likeness (QED) is 0.445. The molecule has 0 atom stereocenters. The van der Waals surface area contributed by atoms with Gasteiger partial charge in [-0.2, -0.15) is 0 Å². The molecule has 0 saturated heterocycles. The van der Waals surface area contributed by atoms with Gasteiger partial charge in [-0.1, -0.05) is 0 Å². The van der Waals surface area contributed by atoms with Gasteiger partial charge in [-0.3, -0.25) is 30.3 Å². The number of benzene rings is 1. The molecule has 0 aliphatic heterocycles. The van der Waals surface area contributed by atoms with Crippen LogP contribution in [0.5, 0.6) is 0 Å². The van der Waals surface area contributed by atoms with Gasteiger partial charge in [0.2, 0.25) is 0 Å². The van der Waals surface area contributed by atoms with Gasteiger partial charge in [-0.05, 0) is 6.92 Å². The summed E-state index contributed by atoms with van der Waals surface area (Å²) in [7, 11) is 0. The van der Waals surface area contributed by atoms with Crippen LogP contribution in [0, 0.1) is 48.1 Å². The van der Waals surface area contributed by atoms with E-state index in [1.807, 2.05) is 0 Å². The fraction of sp³-hybridized carbons (Fsp3) is 0.143. The highest BCUT2D eigenvalue weighted by molar-refractivity contribution is 5.59. The zero-order valence-electron chi connectivity index (χ0n) is 8.84. The molecule has 0 heterocycles. The van der Waals surface area contributed by atoms with Gasteiger partial charge in [0.05, 0.1) is 26.9 Å². The minimum Gasteiger partial charge on any atom is -0.258 e. The van der Waals surface area contributed by atoms with Crippen LogP contribution in [0.3, 0.4) is 0 Å². The topological polar surface area (TPSA) is 177 Å². The van der Waals surface area contributed by atoms with Gasteiger partial charge in [0.15, 0.2) is 0 Å². The highest BCUT2D eigenvalue weighted by atomic mass is 16.6. The molecule has 18 heavy (non-hydrogen) atoms. The van der Waals surface area contributed by atoms with E-state index >= 15 is 0 Å². The van der Waals surface area contributed by atoms with Crippen molar-refractivity contribution in [3.63, 3.8) is 0 Å². The Bertz CT molecular complexity index is 503. The van der Waals surface area contributed by atoms with Crippen molar-refractivity contribution >= 4 is 17.1 Å². The minimum absolute atomic E-state index is 0.208. The number of hydrogen-bond acceptors (Lipinski definition) is 8. The Balaban J connectivity index is 0.00000137. The van der Waals surface area contributed by atoms with Gasteiger partial charge < -0.3 is 0 Å². The predicted octanol–water partition coefficient (Wildman–Crippen LogP) is 1.75. The number of hydrogen-bond donors (Lipinski definition) is 0. The SMILES string of the molecule is Cc1c([N+](=O)[O-])cc([N+](=O)[O-])cc1[N+](=O)[O-].N#N. The summed E-state index contributed by atoms with van der Waals surface area (Å²) in [5.41, 5.74) is -2.16. The zero-order valence-corrected chi connectivity index (χ0v) is 8.84. The molecule has 0 radical (unpaired) electrons. The number of nitro benzene ring substituents is 3. The van der Waals surface area contributed by atoms with E-state index in [9.17, 15) is 30.3 Å². The lowest BCUT2D eigenvalue weighted by Gasteiger charge is -1.99. The molecule has 1 rings (SSSR count). The molecule has 1 aromatic carbocycles. The molecule has 0 amide bonds. The highest BCUT2D eigenvalue weighted by Crippen LogP contribution is 2.32. The van der Waals surface area contributed by atoms with Crippen LogP contribution in [0.4, 0.5) is 17.1 Å². The van der Waals surface area contributed by atoms with Crippen molar-refractivity contribution in [2.75, 3.05) is 0 Å².